The molecule has 0 saturated carbocycles. The summed E-state index contributed by atoms with van der Waals surface area (Å²) in [5.74, 6) is -0.0117. The molecule has 112 valence electrons. The lowest BCUT2D eigenvalue weighted by Crippen LogP contribution is -2.23. The molecule has 3 rings (SSSR count). The van der Waals surface area contributed by atoms with E-state index in [2.05, 4.69) is 27.9 Å². The number of carbonyl (C=O) groups excluding carboxylic acids is 2. The molecule has 1 N–H and O–H groups in total. The number of anilines is 2. The number of benzene rings is 2. The van der Waals surface area contributed by atoms with Gasteiger partial charge in [0.2, 0.25) is 5.91 Å². The van der Waals surface area contributed by atoms with Crippen LogP contribution >= 0.6 is 22.6 Å². The summed E-state index contributed by atoms with van der Waals surface area (Å²) in [5.41, 5.74) is 2.15. The number of halogens is 1. The van der Waals surface area contributed by atoms with Gasteiger partial charge in [0.05, 0.1) is 0 Å². The normalized spacial score (nSPS) is 14.2. The van der Waals surface area contributed by atoms with Gasteiger partial charge in [-0.3, -0.25) is 9.59 Å². The Morgan fingerprint density at radius 3 is 2.59 bits per heavy atom. The SMILES string of the molecule is O=C(Nc1cccc(N2CCCC2=O)c1)c1ccc(I)cc1. The quantitative estimate of drug-likeness (QED) is 0.791. The lowest BCUT2D eigenvalue weighted by Gasteiger charge is -2.16. The Hall–Kier alpha value is -1.89. The third-order valence-electron chi connectivity index (χ3n) is 3.60. The molecule has 1 aliphatic rings. The highest BCUT2D eigenvalue weighted by Crippen LogP contribution is 2.24. The minimum Gasteiger partial charge on any atom is -0.322 e. The fourth-order valence-corrected chi connectivity index (χ4v) is 2.84. The Morgan fingerprint density at radius 1 is 1.14 bits per heavy atom. The second-order valence-corrected chi connectivity index (χ2v) is 6.41. The van der Waals surface area contributed by atoms with E-state index in [4.69, 9.17) is 0 Å². The van der Waals surface area contributed by atoms with E-state index in [0.29, 0.717) is 17.7 Å². The number of nitrogens with one attached hydrogen (secondary N) is 1. The summed E-state index contributed by atoms with van der Waals surface area (Å²) in [6.45, 7) is 0.743. The van der Waals surface area contributed by atoms with Crippen LogP contribution in [0.25, 0.3) is 0 Å². The molecular formula is C17H15IN2O2. The number of rotatable bonds is 3. The monoisotopic (exact) mass is 406 g/mol. The molecule has 2 aromatic carbocycles. The highest BCUT2D eigenvalue weighted by Gasteiger charge is 2.21. The van der Waals surface area contributed by atoms with Gasteiger partial charge in [0.1, 0.15) is 0 Å². The fourth-order valence-electron chi connectivity index (χ4n) is 2.48. The molecule has 0 radical (unpaired) electrons. The molecule has 0 aliphatic carbocycles. The zero-order valence-electron chi connectivity index (χ0n) is 11.9. The zero-order valence-corrected chi connectivity index (χ0v) is 14.0. The van der Waals surface area contributed by atoms with Crippen molar-refractivity contribution in [2.75, 3.05) is 16.8 Å². The van der Waals surface area contributed by atoms with Crippen molar-refractivity contribution in [2.45, 2.75) is 12.8 Å². The Kier molecular flexibility index (Phi) is 4.42. The second kappa shape index (κ2) is 6.48. The van der Waals surface area contributed by atoms with Crippen LogP contribution in [-0.4, -0.2) is 18.4 Å². The maximum Gasteiger partial charge on any atom is 0.255 e. The van der Waals surface area contributed by atoms with E-state index in [1.54, 1.807) is 17.0 Å². The first-order chi connectivity index (χ1) is 10.6. The van der Waals surface area contributed by atoms with E-state index in [9.17, 15) is 9.59 Å². The summed E-state index contributed by atoms with van der Waals surface area (Å²) in [4.78, 5) is 25.8. The molecule has 0 unspecified atom stereocenters. The molecule has 0 spiro atoms. The summed E-state index contributed by atoms with van der Waals surface area (Å²) in [5, 5.41) is 2.88. The average Bonchev–Trinajstić information content (AvgIpc) is 2.94. The van der Waals surface area contributed by atoms with Gasteiger partial charge in [-0.1, -0.05) is 6.07 Å². The lowest BCUT2D eigenvalue weighted by atomic mass is 10.2. The van der Waals surface area contributed by atoms with Gasteiger partial charge < -0.3 is 10.2 Å². The van der Waals surface area contributed by atoms with Gasteiger partial charge in [0.15, 0.2) is 0 Å². The second-order valence-electron chi connectivity index (χ2n) is 5.16. The molecule has 2 amide bonds. The first kappa shape index (κ1) is 15.0. The maximum absolute atomic E-state index is 12.2. The predicted octanol–water partition coefficient (Wildman–Crippen LogP) is 3.67. The number of hydrogen-bond donors (Lipinski definition) is 1. The molecule has 4 nitrogen and oxygen atoms in total. The van der Waals surface area contributed by atoms with Gasteiger partial charge in [-0.25, -0.2) is 0 Å². The van der Waals surface area contributed by atoms with Crippen molar-refractivity contribution in [3.8, 4) is 0 Å². The van der Waals surface area contributed by atoms with E-state index in [1.807, 2.05) is 36.4 Å². The van der Waals surface area contributed by atoms with Crippen molar-refractivity contribution in [2.24, 2.45) is 0 Å². The highest BCUT2D eigenvalue weighted by molar-refractivity contribution is 14.1. The molecule has 1 heterocycles. The highest BCUT2D eigenvalue weighted by atomic mass is 127. The van der Waals surface area contributed by atoms with Gasteiger partial charge in [0.25, 0.3) is 5.91 Å². The van der Waals surface area contributed by atoms with Gasteiger partial charge >= 0.3 is 0 Å². The van der Waals surface area contributed by atoms with Crippen molar-refractivity contribution >= 4 is 45.8 Å². The number of carbonyl (C=O) groups is 2. The predicted molar refractivity (Wildman–Crippen MR) is 95.1 cm³/mol. The van der Waals surface area contributed by atoms with Crippen LogP contribution < -0.4 is 10.2 Å². The first-order valence-electron chi connectivity index (χ1n) is 7.11. The molecule has 2 aromatic rings. The molecule has 1 aliphatic heterocycles. The summed E-state index contributed by atoms with van der Waals surface area (Å²) < 4.78 is 1.09. The first-order valence-corrected chi connectivity index (χ1v) is 8.19. The average molecular weight is 406 g/mol. The smallest absolute Gasteiger partial charge is 0.255 e. The van der Waals surface area contributed by atoms with Crippen molar-refractivity contribution in [1.29, 1.82) is 0 Å². The molecule has 0 bridgehead atoms. The van der Waals surface area contributed by atoms with Crippen LogP contribution in [0.15, 0.2) is 48.5 Å². The molecule has 0 atom stereocenters. The summed E-state index contributed by atoms with van der Waals surface area (Å²) >= 11 is 2.20. The van der Waals surface area contributed by atoms with Crippen LogP contribution in [0.5, 0.6) is 0 Å². The Labute approximate surface area is 142 Å². The van der Waals surface area contributed by atoms with Crippen LogP contribution in [0, 0.1) is 3.57 Å². The maximum atomic E-state index is 12.2. The summed E-state index contributed by atoms with van der Waals surface area (Å²) in [6.07, 6.45) is 1.48. The van der Waals surface area contributed by atoms with Crippen LogP contribution in [0.3, 0.4) is 0 Å². The third kappa shape index (κ3) is 3.30. The molecule has 5 heteroatoms. The van der Waals surface area contributed by atoms with Gasteiger partial charge in [-0.05, 0) is 71.5 Å². The standard InChI is InChI=1S/C17H15IN2O2/c18-13-8-6-12(7-9-13)17(22)19-14-3-1-4-15(11-14)20-10-2-5-16(20)21/h1,3-4,6-9,11H,2,5,10H2,(H,19,22). The van der Waals surface area contributed by atoms with Gasteiger partial charge in [0, 0.05) is 33.5 Å². The lowest BCUT2D eigenvalue weighted by molar-refractivity contribution is -0.117. The molecule has 22 heavy (non-hydrogen) atoms. The number of nitrogens with zero attached hydrogens (tertiary/aromatic N) is 1. The molecular weight excluding hydrogens is 391 g/mol. The van der Waals surface area contributed by atoms with Gasteiger partial charge in [-0.15, -0.1) is 0 Å². The van der Waals surface area contributed by atoms with Crippen molar-refractivity contribution < 1.29 is 9.59 Å². The fraction of sp³-hybridized carbons (Fsp3) is 0.176. The molecule has 1 saturated heterocycles. The topological polar surface area (TPSA) is 49.4 Å². The Morgan fingerprint density at radius 2 is 1.91 bits per heavy atom. The van der Waals surface area contributed by atoms with Crippen molar-refractivity contribution in [3.05, 3.63) is 57.7 Å². The largest absolute Gasteiger partial charge is 0.322 e. The van der Waals surface area contributed by atoms with E-state index in [0.717, 1.165) is 22.2 Å². The molecule has 1 fully saturated rings. The van der Waals surface area contributed by atoms with Gasteiger partial charge in [-0.2, -0.15) is 0 Å². The summed E-state index contributed by atoms with van der Waals surface area (Å²) in [7, 11) is 0. The van der Waals surface area contributed by atoms with Crippen LogP contribution in [0.1, 0.15) is 23.2 Å². The number of hydrogen-bond acceptors (Lipinski definition) is 2. The van der Waals surface area contributed by atoms with Crippen LogP contribution in [-0.2, 0) is 4.79 Å². The van der Waals surface area contributed by atoms with E-state index < -0.39 is 0 Å². The minimum absolute atomic E-state index is 0.140. The van der Waals surface area contributed by atoms with Crippen molar-refractivity contribution in [1.82, 2.24) is 0 Å². The van der Waals surface area contributed by atoms with E-state index >= 15 is 0 Å². The minimum atomic E-state index is -0.152. The Balaban J connectivity index is 1.76. The van der Waals surface area contributed by atoms with E-state index in [-0.39, 0.29) is 11.8 Å². The molecule has 0 aromatic heterocycles. The number of amides is 2. The third-order valence-corrected chi connectivity index (χ3v) is 4.31. The van der Waals surface area contributed by atoms with Crippen molar-refractivity contribution in [3.63, 3.8) is 0 Å². The van der Waals surface area contributed by atoms with Crippen LogP contribution in [0.4, 0.5) is 11.4 Å². The van der Waals surface area contributed by atoms with Crippen LogP contribution in [0.2, 0.25) is 0 Å². The Bertz CT molecular complexity index is 713. The van der Waals surface area contributed by atoms with E-state index in [1.165, 1.54) is 0 Å². The zero-order chi connectivity index (χ0) is 15.5. The summed E-state index contributed by atoms with van der Waals surface area (Å²) in [6, 6.07) is 14.8.